The first-order valence-electron chi connectivity index (χ1n) is 5.53. The number of fused-ring (bicyclic) bond motifs is 1. The molecule has 1 aromatic heterocycles. The number of hydrogen-bond donors (Lipinski definition) is 1. The highest BCUT2D eigenvalue weighted by Gasteiger charge is 2.18. The van der Waals surface area contributed by atoms with E-state index in [9.17, 15) is 4.79 Å². The van der Waals surface area contributed by atoms with E-state index in [2.05, 4.69) is 10.3 Å². The third-order valence-corrected chi connectivity index (χ3v) is 3.87. The van der Waals surface area contributed by atoms with Gasteiger partial charge < -0.3 is 4.74 Å². The Labute approximate surface area is 99.0 Å². The lowest BCUT2D eigenvalue weighted by molar-refractivity contribution is -0.124. The van der Waals surface area contributed by atoms with Crippen LogP contribution in [0, 0.1) is 0 Å². The number of amides is 1. The Morgan fingerprint density at radius 3 is 2.94 bits per heavy atom. The van der Waals surface area contributed by atoms with E-state index in [4.69, 9.17) is 4.74 Å². The summed E-state index contributed by atoms with van der Waals surface area (Å²) in [5, 5.41) is 3.50. The molecule has 1 atom stereocenters. The Morgan fingerprint density at radius 1 is 1.50 bits per heavy atom. The number of nitrogens with one attached hydrogen (secondary N) is 1. The standard InChI is InChI=1S/C11H16N2O2S/c1-7(15-2)10(14)13-11-12-8-5-3-4-6-9(8)16-11/h7H,3-6H2,1-2H3,(H,12,13,14). The molecule has 0 saturated carbocycles. The molecule has 4 nitrogen and oxygen atoms in total. The van der Waals surface area contributed by atoms with Crippen LogP contribution in [0.15, 0.2) is 0 Å². The number of aromatic nitrogens is 1. The van der Waals surface area contributed by atoms with Crippen molar-refractivity contribution in [2.75, 3.05) is 12.4 Å². The van der Waals surface area contributed by atoms with E-state index < -0.39 is 6.10 Å². The van der Waals surface area contributed by atoms with E-state index in [-0.39, 0.29) is 5.91 Å². The van der Waals surface area contributed by atoms with Crippen molar-refractivity contribution in [3.05, 3.63) is 10.6 Å². The van der Waals surface area contributed by atoms with Gasteiger partial charge in [-0.05, 0) is 32.6 Å². The molecule has 0 bridgehead atoms. The number of methoxy groups -OCH3 is 1. The molecule has 0 fully saturated rings. The van der Waals surface area contributed by atoms with Gasteiger partial charge in [-0.15, -0.1) is 11.3 Å². The second-order valence-corrected chi connectivity index (χ2v) is 5.05. The highest BCUT2D eigenvalue weighted by atomic mass is 32.1. The van der Waals surface area contributed by atoms with Crippen LogP contribution in [-0.4, -0.2) is 24.1 Å². The lowest BCUT2D eigenvalue weighted by atomic mass is 10.0. The number of ether oxygens (including phenoxy) is 1. The predicted octanol–water partition coefficient (Wildman–Crippen LogP) is 2.00. The molecular weight excluding hydrogens is 224 g/mol. The van der Waals surface area contributed by atoms with E-state index in [1.807, 2.05) is 0 Å². The molecule has 1 aliphatic rings. The zero-order valence-electron chi connectivity index (χ0n) is 9.58. The SMILES string of the molecule is COC(C)C(=O)Nc1nc2c(s1)CCCC2. The zero-order valence-corrected chi connectivity index (χ0v) is 10.4. The number of nitrogens with zero attached hydrogens (tertiary/aromatic N) is 1. The van der Waals surface area contributed by atoms with Crippen LogP contribution in [0.2, 0.25) is 0 Å². The van der Waals surface area contributed by atoms with Gasteiger partial charge in [0.15, 0.2) is 5.13 Å². The van der Waals surface area contributed by atoms with Gasteiger partial charge >= 0.3 is 0 Å². The minimum Gasteiger partial charge on any atom is -0.372 e. The quantitative estimate of drug-likeness (QED) is 0.879. The molecule has 1 unspecified atom stereocenters. The highest BCUT2D eigenvalue weighted by molar-refractivity contribution is 7.15. The van der Waals surface area contributed by atoms with Gasteiger partial charge in [0.1, 0.15) is 6.10 Å². The summed E-state index contributed by atoms with van der Waals surface area (Å²) in [6.45, 7) is 1.73. The Morgan fingerprint density at radius 2 is 2.25 bits per heavy atom. The number of carbonyl (C=O) groups excluding carboxylic acids is 1. The Hall–Kier alpha value is -0.940. The van der Waals surface area contributed by atoms with E-state index >= 15 is 0 Å². The summed E-state index contributed by atoms with van der Waals surface area (Å²) >= 11 is 1.59. The molecule has 1 aliphatic carbocycles. The normalized spacial score (nSPS) is 16.6. The molecule has 0 radical (unpaired) electrons. The maximum Gasteiger partial charge on any atom is 0.254 e. The van der Waals surface area contributed by atoms with E-state index in [0.717, 1.165) is 18.5 Å². The number of aryl methyl sites for hydroxylation is 2. The van der Waals surface area contributed by atoms with E-state index in [1.54, 1.807) is 18.3 Å². The third-order valence-electron chi connectivity index (χ3n) is 2.80. The molecule has 1 heterocycles. The Balaban J connectivity index is 2.05. The molecule has 2 rings (SSSR count). The molecular formula is C11H16N2O2S. The van der Waals surface area contributed by atoms with Crippen LogP contribution in [0.4, 0.5) is 5.13 Å². The molecule has 1 amide bonds. The lowest BCUT2D eigenvalue weighted by Crippen LogP contribution is -2.26. The third kappa shape index (κ3) is 2.41. The van der Waals surface area contributed by atoms with Crippen molar-refractivity contribution in [2.24, 2.45) is 0 Å². The summed E-state index contributed by atoms with van der Waals surface area (Å²) < 4.78 is 4.95. The van der Waals surface area contributed by atoms with Crippen molar-refractivity contribution in [3.63, 3.8) is 0 Å². The van der Waals surface area contributed by atoms with E-state index in [1.165, 1.54) is 24.8 Å². The van der Waals surface area contributed by atoms with Crippen molar-refractivity contribution in [1.82, 2.24) is 4.98 Å². The van der Waals surface area contributed by atoms with Gasteiger partial charge in [0.2, 0.25) is 0 Å². The largest absolute Gasteiger partial charge is 0.372 e. The topological polar surface area (TPSA) is 51.2 Å². The van der Waals surface area contributed by atoms with Crippen molar-refractivity contribution in [1.29, 1.82) is 0 Å². The fourth-order valence-electron chi connectivity index (χ4n) is 1.72. The monoisotopic (exact) mass is 240 g/mol. The van der Waals surface area contributed by atoms with Crippen molar-refractivity contribution < 1.29 is 9.53 Å². The first kappa shape index (κ1) is 11.5. The number of carbonyl (C=O) groups is 1. The van der Waals surface area contributed by atoms with Gasteiger partial charge in [-0.1, -0.05) is 0 Å². The Bertz CT molecular complexity index is 366. The van der Waals surface area contributed by atoms with Crippen LogP contribution in [0.1, 0.15) is 30.3 Å². The van der Waals surface area contributed by atoms with Crippen LogP contribution < -0.4 is 5.32 Å². The molecule has 88 valence electrons. The summed E-state index contributed by atoms with van der Waals surface area (Å²) in [4.78, 5) is 17.4. The fourth-order valence-corrected chi connectivity index (χ4v) is 2.77. The maximum atomic E-state index is 11.6. The van der Waals surface area contributed by atoms with Gasteiger partial charge in [0, 0.05) is 12.0 Å². The van der Waals surface area contributed by atoms with Crippen LogP contribution in [0.25, 0.3) is 0 Å². The van der Waals surface area contributed by atoms with Gasteiger partial charge in [-0.25, -0.2) is 4.98 Å². The zero-order chi connectivity index (χ0) is 11.5. The lowest BCUT2D eigenvalue weighted by Gasteiger charge is -2.07. The van der Waals surface area contributed by atoms with Crippen molar-refractivity contribution in [2.45, 2.75) is 38.7 Å². The molecule has 0 aliphatic heterocycles. The predicted molar refractivity (Wildman–Crippen MR) is 63.9 cm³/mol. The fraction of sp³-hybridized carbons (Fsp3) is 0.636. The minimum atomic E-state index is -0.430. The summed E-state index contributed by atoms with van der Waals surface area (Å²) in [6, 6.07) is 0. The first-order valence-corrected chi connectivity index (χ1v) is 6.34. The second-order valence-electron chi connectivity index (χ2n) is 3.96. The number of anilines is 1. The highest BCUT2D eigenvalue weighted by Crippen LogP contribution is 2.29. The molecule has 1 aromatic rings. The molecule has 0 spiro atoms. The number of hydrogen-bond acceptors (Lipinski definition) is 4. The average molecular weight is 240 g/mol. The van der Waals surface area contributed by atoms with Gasteiger partial charge in [-0.3, -0.25) is 10.1 Å². The molecule has 0 aromatic carbocycles. The minimum absolute atomic E-state index is 0.131. The van der Waals surface area contributed by atoms with Crippen molar-refractivity contribution in [3.8, 4) is 0 Å². The van der Waals surface area contributed by atoms with E-state index in [0.29, 0.717) is 5.13 Å². The molecule has 1 N–H and O–H groups in total. The summed E-state index contributed by atoms with van der Waals surface area (Å²) in [5.74, 6) is -0.131. The second kappa shape index (κ2) is 4.93. The van der Waals surface area contributed by atoms with Crippen molar-refractivity contribution >= 4 is 22.4 Å². The smallest absolute Gasteiger partial charge is 0.254 e. The molecule has 16 heavy (non-hydrogen) atoms. The molecule has 0 saturated heterocycles. The maximum absolute atomic E-state index is 11.6. The van der Waals surface area contributed by atoms with Crippen LogP contribution in [-0.2, 0) is 22.4 Å². The van der Waals surface area contributed by atoms with Crippen LogP contribution >= 0.6 is 11.3 Å². The van der Waals surface area contributed by atoms with Crippen LogP contribution in [0.3, 0.4) is 0 Å². The van der Waals surface area contributed by atoms with Gasteiger partial charge in [-0.2, -0.15) is 0 Å². The van der Waals surface area contributed by atoms with Crippen LogP contribution in [0.5, 0.6) is 0 Å². The average Bonchev–Trinajstić information content (AvgIpc) is 2.69. The summed E-state index contributed by atoms with van der Waals surface area (Å²) in [5.41, 5.74) is 1.16. The number of rotatable bonds is 3. The molecule has 5 heteroatoms. The number of thiazole rings is 1. The summed E-state index contributed by atoms with van der Waals surface area (Å²) in [7, 11) is 1.52. The summed E-state index contributed by atoms with van der Waals surface area (Å²) in [6.07, 6.45) is 4.15. The van der Waals surface area contributed by atoms with Gasteiger partial charge in [0.05, 0.1) is 5.69 Å². The first-order chi connectivity index (χ1) is 7.70. The van der Waals surface area contributed by atoms with Gasteiger partial charge in [0.25, 0.3) is 5.91 Å². The Kier molecular flexibility index (Phi) is 3.56.